The molecule has 2 aromatic rings. The van der Waals surface area contributed by atoms with E-state index in [9.17, 15) is 9.90 Å². The second kappa shape index (κ2) is 7.47. The van der Waals surface area contributed by atoms with Crippen molar-refractivity contribution < 1.29 is 9.90 Å². The molecule has 1 aliphatic rings. The Bertz CT molecular complexity index is 686. The number of carbonyl (C=O) groups is 1. The largest absolute Gasteiger partial charge is 0.481 e. The SMILES string of the molecule is O=C(O)C1CCCN(C(c2ccc(Br)cc2)c2ccc(Br)s2)C1. The monoisotopic (exact) mass is 457 g/mol. The Kier molecular flexibility index (Phi) is 5.57. The van der Waals surface area contributed by atoms with Crippen LogP contribution in [0.1, 0.15) is 29.3 Å². The molecule has 1 aromatic heterocycles. The summed E-state index contributed by atoms with van der Waals surface area (Å²) in [6, 6.07) is 12.6. The van der Waals surface area contributed by atoms with Gasteiger partial charge in [0.15, 0.2) is 0 Å². The van der Waals surface area contributed by atoms with E-state index in [0.717, 1.165) is 27.6 Å². The van der Waals surface area contributed by atoms with Gasteiger partial charge in [-0.1, -0.05) is 28.1 Å². The maximum absolute atomic E-state index is 11.4. The van der Waals surface area contributed by atoms with Gasteiger partial charge in [0.05, 0.1) is 15.7 Å². The number of hydrogen-bond donors (Lipinski definition) is 1. The molecule has 0 amide bonds. The molecule has 1 aromatic carbocycles. The molecule has 0 radical (unpaired) electrons. The van der Waals surface area contributed by atoms with Crippen molar-refractivity contribution in [2.45, 2.75) is 18.9 Å². The first-order chi connectivity index (χ1) is 11.0. The fourth-order valence-corrected chi connectivity index (χ4v) is 4.97. The van der Waals surface area contributed by atoms with E-state index in [1.54, 1.807) is 11.3 Å². The summed E-state index contributed by atoms with van der Waals surface area (Å²) in [4.78, 5) is 15.0. The normalized spacial score (nSPS) is 20.3. The number of carboxylic acids is 1. The quantitative estimate of drug-likeness (QED) is 0.687. The van der Waals surface area contributed by atoms with Gasteiger partial charge in [0.2, 0.25) is 0 Å². The summed E-state index contributed by atoms with van der Waals surface area (Å²) < 4.78 is 2.15. The Balaban J connectivity index is 1.94. The first-order valence-corrected chi connectivity index (χ1v) is 9.92. The topological polar surface area (TPSA) is 40.5 Å². The molecular formula is C17H17Br2NO2S. The Labute approximate surface area is 156 Å². The summed E-state index contributed by atoms with van der Waals surface area (Å²) in [7, 11) is 0. The van der Waals surface area contributed by atoms with E-state index in [2.05, 4.69) is 61.0 Å². The Hall–Kier alpha value is -0.690. The van der Waals surface area contributed by atoms with Crippen molar-refractivity contribution in [1.82, 2.24) is 4.90 Å². The summed E-state index contributed by atoms with van der Waals surface area (Å²) in [5.74, 6) is -0.957. The highest BCUT2D eigenvalue weighted by Crippen LogP contribution is 2.37. The molecule has 0 bridgehead atoms. The van der Waals surface area contributed by atoms with Crippen LogP contribution in [0.3, 0.4) is 0 Å². The van der Waals surface area contributed by atoms with Gasteiger partial charge in [-0.05, 0) is 65.1 Å². The molecule has 0 aliphatic carbocycles. The van der Waals surface area contributed by atoms with Gasteiger partial charge in [-0.2, -0.15) is 0 Å². The van der Waals surface area contributed by atoms with Gasteiger partial charge >= 0.3 is 5.97 Å². The van der Waals surface area contributed by atoms with Gasteiger partial charge in [-0.3, -0.25) is 9.69 Å². The fourth-order valence-electron chi connectivity index (χ4n) is 3.12. The number of benzene rings is 1. The molecule has 1 fully saturated rings. The number of rotatable bonds is 4. The predicted molar refractivity (Wildman–Crippen MR) is 99.9 cm³/mol. The van der Waals surface area contributed by atoms with E-state index >= 15 is 0 Å². The van der Waals surface area contributed by atoms with E-state index in [1.165, 1.54) is 10.4 Å². The smallest absolute Gasteiger partial charge is 0.307 e. The van der Waals surface area contributed by atoms with Gasteiger partial charge in [0, 0.05) is 15.9 Å². The molecule has 0 saturated carbocycles. The Morgan fingerprint density at radius 1 is 1.22 bits per heavy atom. The summed E-state index contributed by atoms with van der Waals surface area (Å²) in [5.41, 5.74) is 1.20. The molecule has 0 spiro atoms. The number of halogens is 2. The van der Waals surface area contributed by atoms with E-state index in [0.29, 0.717) is 6.54 Å². The summed E-state index contributed by atoms with van der Waals surface area (Å²) in [6.07, 6.45) is 1.70. The van der Waals surface area contributed by atoms with Gasteiger partial charge in [-0.25, -0.2) is 0 Å². The first-order valence-electron chi connectivity index (χ1n) is 7.52. The second-order valence-corrected chi connectivity index (χ2v) is 9.18. The van der Waals surface area contributed by atoms with Crippen LogP contribution in [0, 0.1) is 5.92 Å². The number of carboxylic acid groups (broad SMARTS) is 1. The third kappa shape index (κ3) is 4.05. The second-order valence-electron chi connectivity index (χ2n) is 5.77. The summed E-state index contributed by atoms with van der Waals surface area (Å²) in [5, 5.41) is 9.38. The minimum Gasteiger partial charge on any atom is -0.481 e. The van der Waals surface area contributed by atoms with Crippen LogP contribution in [0.4, 0.5) is 0 Å². The van der Waals surface area contributed by atoms with Gasteiger partial charge in [0.25, 0.3) is 0 Å². The molecule has 2 heterocycles. The van der Waals surface area contributed by atoms with Crippen molar-refractivity contribution in [2.75, 3.05) is 13.1 Å². The molecular weight excluding hydrogens is 442 g/mol. The first kappa shape index (κ1) is 17.1. The predicted octanol–water partition coefficient (Wildman–Crippen LogP) is 5.16. The van der Waals surface area contributed by atoms with Gasteiger partial charge in [-0.15, -0.1) is 11.3 Å². The molecule has 2 unspecified atom stereocenters. The van der Waals surface area contributed by atoms with Crippen LogP contribution < -0.4 is 0 Å². The zero-order valence-corrected chi connectivity index (χ0v) is 16.4. The third-order valence-corrected chi connectivity index (χ3v) is 6.42. The average Bonchev–Trinajstić information content (AvgIpc) is 2.96. The average molecular weight is 459 g/mol. The molecule has 6 heteroatoms. The molecule has 122 valence electrons. The van der Waals surface area contributed by atoms with Crippen LogP contribution in [0.5, 0.6) is 0 Å². The molecule has 1 aliphatic heterocycles. The zero-order chi connectivity index (χ0) is 16.4. The number of thiophene rings is 1. The summed E-state index contributed by atoms with van der Waals surface area (Å²) >= 11 is 8.74. The minimum atomic E-state index is -0.684. The molecule has 23 heavy (non-hydrogen) atoms. The lowest BCUT2D eigenvalue weighted by Gasteiger charge is -2.37. The number of hydrogen-bond acceptors (Lipinski definition) is 3. The number of likely N-dealkylation sites (tertiary alicyclic amines) is 1. The standard InChI is InChI=1S/C17H17Br2NO2S/c18-13-5-3-11(4-6-13)16(14-7-8-15(19)23-14)20-9-1-2-12(10-20)17(21)22/h3-8,12,16H,1-2,9-10H2,(H,21,22). The van der Waals surface area contributed by atoms with Crippen LogP contribution in [-0.4, -0.2) is 29.1 Å². The van der Waals surface area contributed by atoms with Crippen molar-refractivity contribution >= 4 is 49.2 Å². The van der Waals surface area contributed by atoms with Crippen LogP contribution in [-0.2, 0) is 4.79 Å². The lowest BCUT2D eigenvalue weighted by Crippen LogP contribution is -2.41. The number of nitrogens with zero attached hydrogens (tertiary/aromatic N) is 1. The summed E-state index contributed by atoms with van der Waals surface area (Å²) in [6.45, 7) is 1.53. The van der Waals surface area contributed by atoms with Crippen molar-refractivity contribution in [3.8, 4) is 0 Å². The number of aliphatic carboxylic acids is 1. The van der Waals surface area contributed by atoms with Crippen LogP contribution >= 0.6 is 43.2 Å². The lowest BCUT2D eigenvalue weighted by atomic mass is 9.94. The van der Waals surface area contributed by atoms with Crippen molar-refractivity contribution in [3.05, 3.63) is 55.1 Å². The van der Waals surface area contributed by atoms with Crippen molar-refractivity contribution in [2.24, 2.45) is 5.92 Å². The maximum Gasteiger partial charge on any atom is 0.307 e. The lowest BCUT2D eigenvalue weighted by molar-refractivity contribution is -0.143. The fraction of sp³-hybridized carbons (Fsp3) is 0.353. The van der Waals surface area contributed by atoms with E-state index in [1.807, 2.05) is 12.1 Å². The van der Waals surface area contributed by atoms with E-state index in [4.69, 9.17) is 0 Å². The van der Waals surface area contributed by atoms with Gasteiger partial charge < -0.3 is 5.11 Å². The minimum absolute atomic E-state index is 0.113. The molecule has 1 saturated heterocycles. The maximum atomic E-state index is 11.4. The molecule has 3 nitrogen and oxygen atoms in total. The van der Waals surface area contributed by atoms with Crippen LogP contribution in [0.2, 0.25) is 0 Å². The highest BCUT2D eigenvalue weighted by Gasteiger charge is 2.31. The van der Waals surface area contributed by atoms with Crippen molar-refractivity contribution in [1.29, 1.82) is 0 Å². The van der Waals surface area contributed by atoms with Gasteiger partial charge in [0.1, 0.15) is 0 Å². The highest BCUT2D eigenvalue weighted by atomic mass is 79.9. The highest BCUT2D eigenvalue weighted by molar-refractivity contribution is 9.11. The molecule has 1 N–H and O–H groups in total. The van der Waals surface area contributed by atoms with E-state index < -0.39 is 5.97 Å². The Morgan fingerprint density at radius 3 is 2.57 bits per heavy atom. The third-order valence-electron chi connectivity index (χ3n) is 4.22. The molecule has 3 rings (SSSR count). The van der Waals surface area contributed by atoms with E-state index in [-0.39, 0.29) is 12.0 Å². The Morgan fingerprint density at radius 2 is 1.96 bits per heavy atom. The number of piperidine rings is 1. The molecule has 2 atom stereocenters. The zero-order valence-electron chi connectivity index (χ0n) is 12.4. The van der Waals surface area contributed by atoms with Crippen LogP contribution in [0.15, 0.2) is 44.7 Å². The van der Waals surface area contributed by atoms with Crippen molar-refractivity contribution in [3.63, 3.8) is 0 Å². The van der Waals surface area contributed by atoms with Crippen LogP contribution in [0.25, 0.3) is 0 Å².